The van der Waals surface area contributed by atoms with Crippen molar-refractivity contribution in [2.45, 2.75) is 13.5 Å². The van der Waals surface area contributed by atoms with Gasteiger partial charge in [-0.05, 0) is 30.7 Å². The molecule has 2 heterocycles. The van der Waals surface area contributed by atoms with Crippen LogP contribution in [0.25, 0.3) is 6.08 Å². The SMILES string of the molecule is Cc1nc(/C=C/C(=O)NCc2ccc3c(c2)OCO3)cs1. The topological polar surface area (TPSA) is 60.5 Å². The zero-order valence-corrected chi connectivity index (χ0v) is 12.3. The number of thiazole rings is 1. The number of hydrogen-bond donors (Lipinski definition) is 1. The lowest BCUT2D eigenvalue weighted by Crippen LogP contribution is -2.20. The molecular formula is C15H14N2O3S. The highest BCUT2D eigenvalue weighted by atomic mass is 32.1. The minimum absolute atomic E-state index is 0.154. The maximum atomic E-state index is 11.8. The summed E-state index contributed by atoms with van der Waals surface area (Å²) in [6.45, 7) is 2.62. The van der Waals surface area contributed by atoms with Gasteiger partial charge in [0.25, 0.3) is 0 Å². The molecule has 1 N–H and O–H groups in total. The second-order valence-electron chi connectivity index (χ2n) is 4.53. The van der Waals surface area contributed by atoms with Crippen LogP contribution < -0.4 is 14.8 Å². The highest BCUT2D eigenvalue weighted by Gasteiger charge is 2.13. The minimum atomic E-state index is -0.154. The number of carbonyl (C=O) groups excluding carboxylic acids is 1. The maximum Gasteiger partial charge on any atom is 0.244 e. The molecule has 1 aliphatic rings. The molecule has 0 radical (unpaired) electrons. The van der Waals surface area contributed by atoms with Crippen molar-refractivity contribution in [3.05, 3.63) is 45.9 Å². The van der Waals surface area contributed by atoms with Crippen molar-refractivity contribution in [3.8, 4) is 11.5 Å². The van der Waals surface area contributed by atoms with Gasteiger partial charge in [-0.3, -0.25) is 4.79 Å². The van der Waals surface area contributed by atoms with Crippen molar-refractivity contribution in [2.24, 2.45) is 0 Å². The monoisotopic (exact) mass is 302 g/mol. The fourth-order valence-corrected chi connectivity index (χ4v) is 2.50. The number of fused-ring (bicyclic) bond motifs is 1. The zero-order chi connectivity index (χ0) is 14.7. The number of carbonyl (C=O) groups is 1. The van der Waals surface area contributed by atoms with Gasteiger partial charge in [-0.1, -0.05) is 6.07 Å². The summed E-state index contributed by atoms with van der Waals surface area (Å²) in [5.74, 6) is 1.30. The summed E-state index contributed by atoms with van der Waals surface area (Å²) < 4.78 is 10.5. The molecular weight excluding hydrogens is 288 g/mol. The van der Waals surface area contributed by atoms with E-state index >= 15 is 0 Å². The van der Waals surface area contributed by atoms with Crippen LogP contribution in [0, 0.1) is 6.92 Å². The first-order chi connectivity index (χ1) is 10.2. The van der Waals surface area contributed by atoms with Gasteiger partial charge in [-0.25, -0.2) is 4.98 Å². The Labute approximate surface area is 126 Å². The van der Waals surface area contributed by atoms with Crippen LogP contribution in [-0.2, 0) is 11.3 Å². The van der Waals surface area contributed by atoms with E-state index in [2.05, 4.69) is 10.3 Å². The van der Waals surface area contributed by atoms with Gasteiger partial charge in [-0.2, -0.15) is 0 Å². The Hall–Kier alpha value is -2.34. The molecule has 0 atom stereocenters. The lowest BCUT2D eigenvalue weighted by molar-refractivity contribution is -0.116. The second kappa shape index (κ2) is 5.97. The van der Waals surface area contributed by atoms with Crippen molar-refractivity contribution >= 4 is 23.3 Å². The van der Waals surface area contributed by atoms with E-state index in [4.69, 9.17) is 9.47 Å². The van der Waals surface area contributed by atoms with E-state index in [0.29, 0.717) is 6.54 Å². The predicted octanol–water partition coefficient (Wildman–Crippen LogP) is 2.51. The van der Waals surface area contributed by atoms with E-state index in [1.807, 2.05) is 30.5 Å². The number of aromatic nitrogens is 1. The van der Waals surface area contributed by atoms with Crippen molar-refractivity contribution in [3.63, 3.8) is 0 Å². The van der Waals surface area contributed by atoms with E-state index in [1.54, 1.807) is 17.4 Å². The normalized spacial score (nSPS) is 12.8. The first-order valence-corrected chi connectivity index (χ1v) is 7.35. The Morgan fingerprint density at radius 2 is 2.29 bits per heavy atom. The lowest BCUT2D eigenvalue weighted by Gasteiger charge is -2.03. The van der Waals surface area contributed by atoms with Crippen LogP contribution in [0.5, 0.6) is 11.5 Å². The Kier molecular flexibility index (Phi) is 3.87. The second-order valence-corrected chi connectivity index (χ2v) is 5.59. The summed E-state index contributed by atoms with van der Waals surface area (Å²) >= 11 is 1.56. The number of hydrogen-bond acceptors (Lipinski definition) is 5. The number of ether oxygens (including phenoxy) is 2. The molecule has 1 aliphatic heterocycles. The van der Waals surface area contributed by atoms with Gasteiger partial charge in [0.1, 0.15) is 0 Å². The van der Waals surface area contributed by atoms with Crippen LogP contribution in [0.1, 0.15) is 16.3 Å². The van der Waals surface area contributed by atoms with E-state index in [9.17, 15) is 4.79 Å². The van der Waals surface area contributed by atoms with Crippen LogP contribution in [0.15, 0.2) is 29.7 Å². The molecule has 2 aromatic rings. The number of nitrogens with zero attached hydrogens (tertiary/aromatic N) is 1. The maximum absolute atomic E-state index is 11.8. The third kappa shape index (κ3) is 3.41. The molecule has 21 heavy (non-hydrogen) atoms. The van der Waals surface area contributed by atoms with E-state index in [-0.39, 0.29) is 12.7 Å². The number of benzene rings is 1. The van der Waals surface area contributed by atoms with E-state index < -0.39 is 0 Å². The van der Waals surface area contributed by atoms with Crippen LogP contribution in [-0.4, -0.2) is 17.7 Å². The third-order valence-electron chi connectivity index (χ3n) is 2.95. The summed E-state index contributed by atoms with van der Waals surface area (Å²) in [6, 6.07) is 5.62. The predicted molar refractivity (Wildman–Crippen MR) is 80.3 cm³/mol. The molecule has 0 unspecified atom stereocenters. The van der Waals surface area contributed by atoms with Crippen LogP contribution >= 0.6 is 11.3 Å². The summed E-state index contributed by atoms with van der Waals surface area (Å²) in [5.41, 5.74) is 1.77. The van der Waals surface area contributed by atoms with Gasteiger partial charge in [0.2, 0.25) is 12.7 Å². The largest absolute Gasteiger partial charge is 0.454 e. The Morgan fingerprint density at radius 3 is 3.10 bits per heavy atom. The molecule has 1 aromatic heterocycles. The summed E-state index contributed by atoms with van der Waals surface area (Å²) in [6.07, 6.45) is 3.19. The summed E-state index contributed by atoms with van der Waals surface area (Å²) in [5, 5.41) is 5.72. The van der Waals surface area contributed by atoms with Crippen LogP contribution in [0.2, 0.25) is 0 Å². The number of amides is 1. The molecule has 0 fully saturated rings. The minimum Gasteiger partial charge on any atom is -0.454 e. The Balaban J connectivity index is 1.55. The van der Waals surface area contributed by atoms with Crippen molar-refractivity contribution in [1.82, 2.24) is 10.3 Å². The standard InChI is InChI=1S/C15H14N2O3S/c1-10-17-12(8-21-10)3-5-15(18)16-7-11-2-4-13-14(6-11)20-9-19-13/h2-6,8H,7,9H2,1H3,(H,16,18)/b5-3+. The molecule has 1 aromatic carbocycles. The molecule has 0 saturated carbocycles. The number of rotatable bonds is 4. The average Bonchev–Trinajstić information content (AvgIpc) is 3.10. The molecule has 0 aliphatic carbocycles. The number of nitrogens with one attached hydrogen (secondary N) is 1. The highest BCUT2D eigenvalue weighted by molar-refractivity contribution is 7.09. The van der Waals surface area contributed by atoms with Crippen LogP contribution in [0.4, 0.5) is 0 Å². The first kappa shape index (κ1) is 13.6. The van der Waals surface area contributed by atoms with Gasteiger partial charge in [-0.15, -0.1) is 11.3 Å². The van der Waals surface area contributed by atoms with Gasteiger partial charge >= 0.3 is 0 Å². The quantitative estimate of drug-likeness (QED) is 0.882. The fourth-order valence-electron chi connectivity index (χ4n) is 1.92. The van der Waals surface area contributed by atoms with Crippen molar-refractivity contribution in [2.75, 3.05) is 6.79 Å². The van der Waals surface area contributed by atoms with Gasteiger partial charge in [0.15, 0.2) is 11.5 Å². The van der Waals surface area contributed by atoms with Crippen molar-refractivity contribution < 1.29 is 14.3 Å². The molecule has 108 valence electrons. The summed E-state index contributed by atoms with van der Waals surface area (Å²) in [4.78, 5) is 16.0. The van der Waals surface area contributed by atoms with E-state index in [1.165, 1.54) is 6.08 Å². The zero-order valence-electron chi connectivity index (χ0n) is 11.5. The van der Waals surface area contributed by atoms with Gasteiger partial charge in [0, 0.05) is 18.0 Å². The molecule has 5 nitrogen and oxygen atoms in total. The first-order valence-electron chi connectivity index (χ1n) is 6.47. The molecule has 0 spiro atoms. The highest BCUT2D eigenvalue weighted by Crippen LogP contribution is 2.32. The Bertz CT molecular complexity index is 694. The smallest absolute Gasteiger partial charge is 0.244 e. The molecule has 0 saturated heterocycles. The molecule has 6 heteroatoms. The number of aryl methyl sites for hydroxylation is 1. The summed E-state index contributed by atoms with van der Waals surface area (Å²) in [7, 11) is 0. The molecule has 1 amide bonds. The lowest BCUT2D eigenvalue weighted by atomic mass is 10.2. The average molecular weight is 302 g/mol. The van der Waals surface area contributed by atoms with Crippen LogP contribution in [0.3, 0.4) is 0 Å². The third-order valence-corrected chi connectivity index (χ3v) is 3.74. The molecule has 0 bridgehead atoms. The Morgan fingerprint density at radius 1 is 1.43 bits per heavy atom. The van der Waals surface area contributed by atoms with E-state index in [0.717, 1.165) is 27.8 Å². The van der Waals surface area contributed by atoms with Gasteiger partial charge in [0.05, 0.1) is 10.7 Å². The van der Waals surface area contributed by atoms with Crippen molar-refractivity contribution in [1.29, 1.82) is 0 Å². The fraction of sp³-hybridized carbons (Fsp3) is 0.200. The molecule has 3 rings (SSSR count). The van der Waals surface area contributed by atoms with Gasteiger partial charge < -0.3 is 14.8 Å².